The molecule has 1 aliphatic rings. The summed E-state index contributed by atoms with van der Waals surface area (Å²) in [6.45, 7) is -1.55. The topological polar surface area (TPSA) is 58.6 Å². The van der Waals surface area contributed by atoms with Crippen molar-refractivity contribution >= 4 is 27.9 Å². The Balaban J connectivity index is 1.88. The van der Waals surface area contributed by atoms with Crippen molar-refractivity contribution in [3.63, 3.8) is 0 Å². The second kappa shape index (κ2) is 7.03. The number of ether oxygens (including phenoxy) is 1. The van der Waals surface area contributed by atoms with Crippen LogP contribution in [0.5, 0.6) is 5.75 Å². The number of amides is 3. The first kappa shape index (κ1) is 18.3. The highest BCUT2D eigenvalue weighted by atomic mass is 79.9. The van der Waals surface area contributed by atoms with Crippen LogP contribution in [-0.4, -0.2) is 23.4 Å². The summed E-state index contributed by atoms with van der Waals surface area (Å²) < 4.78 is 30.4. The maximum Gasteiger partial charge on any atom is 0.387 e. The van der Waals surface area contributed by atoms with Crippen LogP contribution in [0.15, 0.2) is 53.0 Å². The molecular weight excluding hydrogens is 410 g/mol. The highest BCUT2D eigenvalue weighted by molar-refractivity contribution is 9.10. The van der Waals surface area contributed by atoms with E-state index in [9.17, 15) is 18.4 Å². The fourth-order valence-electron chi connectivity index (χ4n) is 2.84. The molecule has 0 bridgehead atoms. The maximum atomic E-state index is 12.9. The smallest absolute Gasteiger partial charge is 0.387 e. The molecule has 1 atom stereocenters. The summed E-state index contributed by atoms with van der Waals surface area (Å²) in [6, 6.07) is 12.5. The minimum atomic E-state index is -2.99. The standard InChI is InChI=1S/C18H15BrF2N2O3/c1-18(12-6-8-13(19)9-7-12)15(24)23(17(25)22-18)10-11-4-2-3-5-14(11)26-16(20)21/h2-9,16H,10H2,1H3,(H,22,25). The number of halogens is 3. The molecule has 0 radical (unpaired) electrons. The van der Waals surface area contributed by atoms with Gasteiger partial charge in [-0.15, -0.1) is 0 Å². The monoisotopic (exact) mass is 424 g/mol. The van der Waals surface area contributed by atoms with Crippen LogP contribution >= 0.6 is 15.9 Å². The number of imide groups is 1. The second-order valence-electron chi connectivity index (χ2n) is 5.94. The number of nitrogens with one attached hydrogen (secondary N) is 1. The molecule has 136 valence electrons. The normalized spacial score (nSPS) is 19.8. The fourth-order valence-corrected chi connectivity index (χ4v) is 3.10. The van der Waals surface area contributed by atoms with Crippen molar-refractivity contribution in [1.82, 2.24) is 10.2 Å². The van der Waals surface area contributed by atoms with Gasteiger partial charge in [-0.25, -0.2) is 4.79 Å². The molecule has 1 N–H and O–H groups in total. The van der Waals surface area contributed by atoms with Crippen molar-refractivity contribution in [2.24, 2.45) is 0 Å². The van der Waals surface area contributed by atoms with Gasteiger partial charge >= 0.3 is 12.6 Å². The zero-order valence-electron chi connectivity index (χ0n) is 13.7. The molecule has 0 spiro atoms. The van der Waals surface area contributed by atoms with Crippen LogP contribution < -0.4 is 10.1 Å². The fraction of sp³-hybridized carbons (Fsp3) is 0.222. The number of hydrogen-bond donors (Lipinski definition) is 1. The molecule has 2 aromatic carbocycles. The number of benzene rings is 2. The Morgan fingerprint density at radius 1 is 1.15 bits per heavy atom. The molecule has 1 aliphatic heterocycles. The van der Waals surface area contributed by atoms with E-state index in [1.165, 1.54) is 12.1 Å². The number of nitrogens with zero attached hydrogens (tertiary/aromatic N) is 1. The number of hydrogen-bond acceptors (Lipinski definition) is 3. The predicted octanol–water partition coefficient (Wildman–Crippen LogP) is 4.02. The Labute approximate surface area is 157 Å². The van der Waals surface area contributed by atoms with Crippen LogP contribution in [0.1, 0.15) is 18.1 Å². The molecule has 2 aromatic rings. The Morgan fingerprint density at radius 3 is 2.46 bits per heavy atom. The van der Waals surface area contributed by atoms with E-state index in [1.807, 2.05) is 0 Å². The van der Waals surface area contributed by atoms with Gasteiger partial charge in [-0.1, -0.05) is 46.3 Å². The summed E-state index contributed by atoms with van der Waals surface area (Å²) >= 11 is 3.32. The molecule has 1 heterocycles. The van der Waals surface area contributed by atoms with Gasteiger partial charge in [0.05, 0.1) is 6.54 Å². The van der Waals surface area contributed by atoms with Gasteiger partial charge in [-0.3, -0.25) is 9.69 Å². The quantitative estimate of drug-likeness (QED) is 0.737. The molecule has 0 aliphatic carbocycles. The lowest BCUT2D eigenvalue weighted by Crippen LogP contribution is -2.40. The Morgan fingerprint density at radius 2 is 1.81 bits per heavy atom. The van der Waals surface area contributed by atoms with Gasteiger partial charge in [-0.2, -0.15) is 8.78 Å². The predicted molar refractivity (Wildman–Crippen MR) is 93.6 cm³/mol. The van der Waals surface area contributed by atoms with Gasteiger partial charge in [0, 0.05) is 10.0 Å². The van der Waals surface area contributed by atoms with E-state index < -0.39 is 24.1 Å². The van der Waals surface area contributed by atoms with Gasteiger partial charge < -0.3 is 10.1 Å². The minimum Gasteiger partial charge on any atom is -0.434 e. The van der Waals surface area contributed by atoms with Crippen molar-refractivity contribution in [2.75, 3.05) is 0 Å². The Kier molecular flexibility index (Phi) is 4.95. The third-order valence-corrected chi connectivity index (χ3v) is 4.74. The molecule has 5 nitrogen and oxygen atoms in total. The second-order valence-corrected chi connectivity index (χ2v) is 6.86. The highest BCUT2D eigenvalue weighted by Crippen LogP contribution is 2.32. The molecule has 26 heavy (non-hydrogen) atoms. The van der Waals surface area contributed by atoms with Crippen molar-refractivity contribution in [1.29, 1.82) is 0 Å². The molecule has 1 saturated heterocycles. The number of carbonyl (C=O) groups is 2. The van der Waals surface area contributed by atoms with Crippen molar-refractivity contribution < 1.29 is 23.1 Å². The third kappa shape index (κ3) is 3.41. The summed E-state index contributed by atoms with van der Waals surface area (Å²) in [5.74, 6) is -0.531. The molecule has 0 aromatic heterocycles. The summed E-state index contributed by atoms with van der Waals surface area (Å²) in [5, 5.41) is 2.68. The first-order valence-corrected chi connectivity index (χ1v) is 8.53. The molecule has 1 unspecified atom stereocenters. The number of para-hydroxylation sites is 1. The summed E-state index contributed by atoms with van der Waals surface area (Å²) in [4.78, 5) is 26.3. The van der Waals surface area contributed by atoms with Crippen LogP contribution in [0.2, 0.25) is 0 Å². The summed E-state index contributed by atoms with van der Waals surface area (Å²) in [7, 11) is 0. The van der Waals surface area contributed by atoms with E-state index in [0.29, 0.717) is 11.1 Å². The van der Waals surface area contributed by atoms with Gasteiger partial charge in [0.2, 0.25) is 0 Å². The van der Waals surface area contributed by atoms with Crippen LogP contribution in [0, 0.1) is 0 Å². The van der Waals surface area contributed by atoms with Crippen molar-refractivity contribution in [3.05, 3.63) is 64.1 Å². The number of alkyl halides is 2. The van der Waals surface area contributed by atoms with Gasteiger partial charge in [0.25, 0.3) is 5.91 Å². The van der Waals surface area contributed by atoms with Crippen LogP contribution in [0.4, 0.5) is 13.6 Å². The first-order chi connectivity index (χ1) is 12.3. The zero-order valence-corrected chi connectivity index (χ0v) is 15.3. The average molecular weight is 425 g/mol. The lowest BCUT2D eigenvalue weighted by molar-refractivity contribution is -0.131. The van der Waals surface area contributed by atoms with Crippen LogP contribution in [0.3, 0.4) is 0 Å². The number of rotatable bonds is 5. The summed E-state index contributed by atoms with van der Waals surface area (Å²) in [5.41, 5.74) is -0.286. The Hall–Kier alpha value is -2.48. The largest absolute Gasteiger partial charge is 0.434 e. The zero-order chi connectivity index (χ0) is 18.9. The lowest BCUT2D eigenvalue weighted by atomic mass is 9.92. The van der Waals surface area contributed by atoms with Crippen molar-refractivity contribution in [3.8, 4) is 5.75 Å². The lowest BCUT2D eigenvalue weighted by Gasteiger charge is -2.22. The van der Waals surface area contributed by atoms with Gasteiger partial charge in [0.15, 0.2) is 0 Å². The molecule has 3 amide bonds. The Bertz CT molecular complexity index is 845. The number of carbonyl (C=O) groups excluding carboxylic acids is 2. The van der Waals surface area contributed by atoms with Crippen LogP contribution in [-0.2, 0) is 16.9 Å². The number of urea groups is 1. The molecule has 1 fully saturated rings. The molecule has 0 saturated carbocycles. The minimum absolute atomic E-state index is 0.0691. The maximum absolute atomic E-state index is 12.9. The van der Waals surface area contributed by atoms with Gasteiger partial charge in [-0.05, 0) is 30.7 Å². The van der Waals surface area contributed by atoms with Crippen molar-refractivity contribution in [2.45, 2.75) is 25.6 Å². The van der Waals surface area contributed by atoms with Crippen LogP contribution in [0.25, 0.3) is 0 Å². The molecule has 8 heteroatoms. The van der Waals surface area contributed by atoms with E-state index >= 15 is 0 Å². The third-order valence-electron chi connectivity index (χ3n) is 4.21. The molecule has 3 rings (SSSR count). The van der Waals surface area contributed by atoms with E-state index in [-0.39, 0.29) is 12.3 Å². The first-order valence-electron chi connectivity index (χ1n) is 7.74. The summed E-state index contributed by atoms with van der Waals surface area (Å²) in [6.07, 6.45) is 0. The molecular formula is C18H15BrF2N2O3. The van der Waals surface area contributed by atoms with E-state index in [1.54, 1.807) is 43.3 Å². The SMILES string of the molecule is CC1(c2ccc(Br)cc2)NC(=O)N(Cc2ccccc2OC(F)F)C1=O. The highest BCUT2D eigenvalue weighted by Gasteiger charge is 2.49. The van der Waals surface area contributed by atoms with E-state index in [4.69, 9.17) is 0 Å². The van der Waals surface area contributed by atoms with E-state index in [0.717, 1.165) is 9.37 Å². The average Bonchev–Trinajstić information content (AvgIpc) is 2.81. The van der Waals surface area contributed by atoms with Gasteiger partial charge in [0.1, 0.15) is 11.3 Å². The van der Waals surface area contributed by atoms with E-state index in [2.05, 4.69) is 26.0 Å².